The van der Waals surface area contributed by atoms with Gasteiger partial charge in [-0.3, -0.25) is 9.59 Å². The number of hydrogen-bond donors (Lipinski definition) is 3. The topological polar surface area (TPSA) is 78.4 Å². The Balaban J connectivity index is 2.49. The Labute approximate surface area is 102 Å². The molecule has 3 N–H and O–H groups in total. The van der Waals surface area contributed by atoms with Gasteiger partial charge in [-0.1, -0.05) is 6.42 Å². The van der Waals surface area contributed by atoms with Crippen LogP contribution in [0.3, 0.4) is 0 Å². The van der Waals surface area contributed by atoms with E-state index in [4.69, 9.17) is 5.11 Å². The van der Waals surface area contributed by atoms with Crippen LogP contribution in [0, 0.1) is 5.41 Å². The number of carbonyl (C=O) groups is 2. The summed E-state index contributed by atoms with van der Waals surface area (Å²) in [6.45, 7) is 4.06. The van der Waals surface area contributed by atoms with Gasteiger partial charge in [0.2, 0.25) is 5.91 Å². The molecule has 5 nitrogen and oxygen atoms in total. The van der Waals surface area contributed by atoms with Gasteiger partial charge in [0.1, 0.15) is 0 Å². The molecule has 0 aromatic carbocycles. The number of aliphatic carboxylic acids is 1. The van der Waals surface area contributed by atoms with Crippen LogP contribution in [-0.2, 0) is 9.59 Å². The molecule has 0 saturated heterocycles. The van der Waals surface area contributed by atoms with Crippen molar-refractivity contribution < 1.29 is 14.7 Å². The van der Waals surface area contributed by atoms with Crippen molar-refractivity contribution in [3.8, 4) is 0 Å². The highest BCUT2D eigenvalue weighted by molar-refractivity contribution is 5.85. The van der Waals surface area contributed by atoms with Crippen molar-refractivity contribution in [3.63, 3.8) is 0 Å². The average molecular weight is 242 g/mol. The summed E-state index contributed by atoms with van der Waals surface area (Å²) in [4.78, 5) is 22.6. The van der Waals surface area contributed by atoms with E-state index in [-0.39, 0.29) is 17.7 Å². The van der Waals surface area contributed by atoms with Crippen molar-refractivity contribution >= 4 is 11.9 Å². The molecule has 0 aromatic rings. The van der Waals surface area contributed by atoms with E-state index in [9.17, 15) is 9.59 Å². The summed E-state index contributed by atoms with van der Waals surface area (Å²) in [6.07, 6.45) is 2.98. The van der Waals surface area contributed by atoms with E-state index in [1.54, 1.807) is 20.9 Å². The molecule has 1 rings (SSSR count). The fourth-order valence-electron chi connectivity index (χ4n) is 2.02. The van der Waals surface area contributed by atoms with Gasteiger partial charge in [0.25, 0.3) is 0 Å². The highest BCUT2D eigenvalue weighted by Crippen LogP contribution is 2.43. The Morgan fingerprint density at radius 3 is 2.29 bits per heavy atom. The van der Waals surface area contributed by atoms with Gasteiger partial charge in [-0.05, 0) is 39.2 Å². The first-order valence-electron chi connectivity index (χ1n) is 6.00. The second kappa shape index (κ2) is 5.04. The van der Waals surface area contributed by atoms with Gasteiger partial charge in [-0.25, -0.2) is 0 Å². The lowest BCUT2D eigenvalue weighted by atomic mass is 9.66. The van der Waals surface area contributed by atoms with Gasteiger partial charge < -0.3 is 15.7 Å². The third-order valence-electron chi connectivity index (χ3n) is 3.76. The molecule has 1 fully saturated rings. The smallest absolute Gasteiger partial charge is 0.303 e. The third kappa shape index (κ3) is 3.43. The van der Waals surface area contributed by atoms with Crippen molar-refractivity contribution in [3.05, 3.63) is 0 Å². The van der Waals surface area contributed by atoms with E-state index >= 15 is 0 Å². The van der Waals surface area contributed by atoms with E-state index in [2.05, 4.69) is 10.6 Å². The Bertz CT molecular complexity index is 309. The van der Waals surface area contributed by atoms with Gasteiger partial charge in [0, 0.05) is 6.54 Å². The molecule has 0 atom stereocenters. The first-order chi connectivity index (χ1) is 7.81. The first-order valence-corrected chi connectivity index (χ1v) is 6.00. The second-order valence-electron chi connectivity index (χ2n) is 5.48. The van der Waals surface area contributed by atoms with E-state index in [0.29, 0.717) is 6.54 Å². The molecule has 0 aliphatic heterocycles. The standard InChI is InChI=1S/C12H22N2O3/c1-11(2,13-3)10(17)14-8-12(5-4-6-12)7-9(15)16/h13H,4-8H2,1-3H3,(H,14,17)(H,15,16). The summed E-state index contributed by atoms with van der Waals surface area (Å²) >= 11 is 0. The molecule has 98 valence electrons. The molecule has 0 heterocycles. The normalized spacial score (nSPS) is 18.3. The molecule has 0 spiro atoms. The summed E-state index contributed by atoms with van der Waals surface area (Å²) in [7, 11) is 1.73. The van der Waals surface area contributed by atoms with Crippen molar-refractivity contribution in [1.82, 2.24) is 10.6 Å². The third-order valence-corrected chi connectivity index (χ3v) is 3.76. The van der Waals surface area contributed by atoms with Crippen LogP contribution < -0.4 is 10.6 Å². The molecule has 5 heteroatoms. The fraction of sp³-hybridized carbons (Fsp3) is 0.833. The molecule has 1 saturated carbocycles. The van der Waals surface area contributed by atoms with Gasteiger partial charge in [0.05, 0.1) is 12.0 Å². The number of carbonyl (C=O) groups excluding carboxylic acids is 1. The molecule has 17 heavy (non-hydrogen) atoms. The molecular weight excluding hydrogens is 220 g/mol. The maximum atomic E-state index is 11.8. The lowest BCUT2D eigenvalue weighted by Gasteiger charge is -2.41. The van der Waals surface area contributed by atoms with Gasteiger partial charge in [0.15, 0.2) is 0 Å². The number of hydrogen-bond acceptors (Lipinski definition) is 3. The Hall–Kier alpha value is -1.10. The number of carboxylic acid groups (broad SMARTS) is 1. The number of rotatable bonds is 6. The molecule has 1 amide bonds. The zero-order chi connectivity index (χ0) is 13.1. The molecule has 0 unspecified atom stereocenters. The number of amides is 1. The van der Waals surface area contributed by atoms with Crippen LogP contribution in [0.1, 0.15) is 39.5 Å². The minimum atomic E-state index is -0.785. The van der Waals surface area contributed by atoms with Crippen LogP contribution in [-0.4, -0.2) is 36.1 Å². The van der Waals surface area contributed by atoms with Crippen LogP contribution >= 0.6 is 0 Å². The monoisotopic (exact) mass is 242 g/mol. The highest BCUT2D eigenvalue weighted by Gasteiger charge is 2.40. The van der Waals surface area contributed by atoms with Crippen LogP contribution in [0.4, 0.5) is 0 Å². The zero-order valence-corrected chi connectivity index (χ0v) is 10.8. The van der Waals surface area contributed by atoms with Crippen molar-refractivity contribution in [2.75, 3.05) is 13.6 Å². The number of nitrogens with one attached hydrogen (secondary N) is 2. The summed E-state index contributed by atoms with van der Waals surface area (Å²) < 4.78 is 0. The summed E-state index contributed by atoms with van der Waals surface area (Å²) in [5, 5.41) is 14.6. The van der Waals surface area contributed by atoms with E-state index in [1.165, 1.54) is 0 Å². The van der Waals surface area contributed by atoms with Gasteiger partial charge >= 0.3 is 5.97 Å². The molecule has 0 radical (unpaired) electrons. The lowest BCUT2D eigenvalue weighted by Crippen LogP contribution is -2.54. The minimum absolute atomic E-state index is 0.0864. The van der Waals surface area contributed by atoms with E-state index in [1.807, 2.05) is 0 Å². The maximum Gasteiger partial charge on any atom is 0.303 e. The van der Waals surface area contributed by atoms with E-state index < -0.39 is 11.5 Å². The fourth-order valence-corrected chi connectivity index (χ4v) is 2.02. The SMILES string of the molecule is CNC(C)(C)C(=O)NCC1(CC(=O)O)CCC1. The molecule has 0 bridgehead atoms. The summed E-state index contributed by atoms with van der Waals surface area (Å²) in [5.41, 5.74) is -0.834. The largest absolute Gasteiger partial charge is 0.481 e. The minimum Gasteiger partial charge on any atom is -0.481 e. The van der Waals surface area contributed by atoms with Crippen LogP contribution in [0.5, 0.6) is 0 Å². The number of likely N-dealkylation sites (N-methyl/N-ethyl adjacent to an activating group) is 1. The predicted molar refractivity (Wildman–Crippen MR) is 64.7 cm³/mol. The highest BCUT2D eigenvalue weighted by atomic mass is 16.4. The van der Waals surface area contributed by atoms with Gasteiger partial charge in [-0.15, -0.1) is 0 Å². The molecular formula is C12H22N2O3. The quantitative estimate of drug-likeness (QED) is 0.642. The Kier molecular flexibility index (Phi) is 4.14. The lowest BCUT2D eigenvalue weighted by molar-refractivity contribution is -0.142. The molecule has 0 aromatic heterocycles. The van der Waals surface area contributed by atoms with Crippen LogP contribution in [0.25, 0.3) is 0 Å². The van der Waals surface area contributed by atoms with Crippen LogP contribution in [0.15, 0.2) is 0 Å². The predicted octanol–water partition coefficient (Wildman–Crippen LogP) is 0.746. The van der Waals surface area contributed by atoms with Crippen molar-refractivity contribution in [2.45, 2.75) is 45.1 Å². The Morgan fingerprint density at radius 2 is 1.94 bits per heavy atom. The molecule has 1 aliphatic rings. The van der Waals surface area contributed by atoms with E-state index in [0.717, 1.165) is 19.3 Å². The zero-order valence-electron chi connectivity index (χ0n) is 10.8. The summed E-state index contributed by atoms with van der Waals surface area (Å²) in [6, 6.07) is 0. The second-order valence-corrected chi connectivity index (χ2v) is 5.48. The van der Waals surface area contributed by atoms with Gasteiger partial charge in [-0.2, -0.15) is 0 Å². The molecule has 1 aliphatic carbocycles. The Morgan fingerprint density at radius 1 is 1.35 bits per heavy atom. The first kappa shape index (κ1) is 14.0. The maximum absolute atomic E-state index is 11.8. The number of carboxylic acids is 1. The van der Waals surface area contributed by atoms with Crippen molar-refractivity contribution in [2.24, 2.45) is 5.41 Å². The summed E-state index contributed by atoms with van der Waals surface area (Å²) in [5.74, 6) is -0.872. The average Bonchev–Trinajstić information content (AvgIpc) is 2.20. The van der Waals surface area contributed by atoms with Crippen LogP contribution in [0.2, 0.25) is 0 Å². The van der Waals surface area contributed by atoms with Crippen molar-refractivity contribution in [1.29, 1.82) is 0 Å².